The number of carbonyl (C=O) groups excluding carboxylic acids is 1. The molecule has 126 valence electrons. The van der Waals surface area contributed by atoms with Gasteiger partial charge in [-0.25, -0.2) is 0 Å². The molecule has 1 saturated carbocycles. The zero-order chi connectivity index (χ0) is 16.2. The molecule has 1 unspecified atom stereocenters. The fourth-order valence-electron chi connectivity index (χ4n) is 3.02. The lowest BCUT2D eigenvalue weighted by molar-refractivity contribution is -0.128. The van der Waals surface area contributed by atoms with Crippen LogP contribution in [-0.2, 0) is 9.53 Å². The molecule has 1 amide bonds. The van der Waals surface area contributed by atoms with E-state index in [9.17, 15) is 4.79 Å². The number of amides is 1. The van der Waals surface area contributed by atoms with E-state index in [2.05, 4.69) is 21.2 Å². The van der Waals surface area contributed by atoms with Crippen molar-refractivity contribution in [3.63, 3.8) is 0 Å². The van der Waals surface area contributed by atoms with Crippen molar-refractivity contribution >= 4 is 21.8 Å². The average Bonchev–Trinajstić information content (AvgIpc) is 3.05. The minimum atomic E-state index is -0.139. The molecule has 1 fully saturated rings. The normalized spacial score (nSPS) is 18.7. The molecule has 3 rings (SSSR count). The Morgan fingerprint density at radius 2 is 1.96 bits per heavy atom. The minimum absolute atomic E-state index is 0.0915. The lowest BCUT2D eigenvalue weighted by Gasteiger charge is -2.22. The van der Waals surface area contributed by atoms with Gasteiger partial charge < -0.3 is 19.5 Å². The van der Waals surface area contributed by atoms with E-state index in [1.54, 1.807) is 0 Å². The van der Waals surface area contributed by atoms with Crippen molar-refractivity contribution in [1.82, 2.24) is 5.32 Å². The summed E-state index contributed by atoms with van der Waals surface area (Å²) in [5.41, 5.74) is 0.962. The topological polar surface area (TPSA) is 56.8 Å². The molecule has 2 aliphatic rings. The van der Waals surface area contributed by atoms with E-state index < -0.39 is 0 Å². The lowest BCUT2D eigenvalue weighted by atomic mass is 10.1. The molecule has 1 N–H and O–H groups in total. The molecule has 1 aromatic rings. The molecular weight excluding hydrogens is 362 g/mol. The van der Waals surface area contributed by atoms with Crippen molar-refractivity contribution in [2.75, 3.05) is 19.8 Å². The number of hydrogen-bond acceptors (Lipinski definition) is 4. The van der Waals surface area contributed by atoms with E-state index in [4.69, 9.17) is 14.2 Å². The van der Waals surface area contributed by atoms with Crippen LogP contribution in [0.2, 0.25) is 0 Å². The van der Waals surface area contributed by atoms with Gasteiger partial charge in [0.15, 0.2) is 11.5 Å². The quantitative estimate of drug-likeness (QED) is 0.846. The van der Waals surface area contributed by atoms with Gasteiger partial charge in [0.05, 0.1) is 12.1 Å². The Bertz CT molecular complexity index is 572. The summed E-state index contributed by atoms with van der Waals surface area (Å²) in [6.07, 6.45) is 4.78. The molecule has 0 spiro atoms. The number of benzene rings is 1. The van der Waals surface area contributed by atoms with Gasteiger partial charge in [-0.2, -0.15) is 0 Å². The molecular formula is C17H22BrNO4. The third-order valence-electron chi connectivity index (χ3n) is 4.26. The fourth-order valence-corrected chi connectivity index (χ4v) is 3.69. The molecule has 1 heterocycles. The van der Waals surface area contributed by atoms with Crippen LogP contribution in [0.1, 0.15) is 44.2 Å². The van der Waals surface area contributed by atoms with Gasteiger partial charge in [-0.05, 0) is 37.5 Å². The van der Waals surface area contributed by atoms with E-state index in [0.717, 1.165) is 34.4 Å². The monoisotopic (exact) mass is 383 g/mol. The molecule has 0 aromatic heterocycles. The van der Waals surface area contributed by atoms with Crippen molar-refractivity contribution in [2.45, 2.75) is 44.8 Å². The Balaban J connectivity index is 1.58. The summed E-state index contributed by atoms with van der Waals surface area (Å²) in [5, 5.41) is 2.98. The maximum absolute atomic E-state index is 12.1. The highest BCUT2D eigenvalue weighted by atomic mass is 79.9. The van der Waals surface area contributed by atoms with Crippen LogP contribution >= 0.6 is 15.9 Å². The van der Waals surface area contributed by atoms with Crippen LogP contribution in [0.4, 0.5) is 0 Å². The van der Waals surface area contributed by atoms with Gasteiger partial charge in [0.1, 0.15) is 19.8 Å². The van der Waals surface area contributed by atoms with Crippen LogP contribution in [0.15, 0.2) is 16.6 Å². The summed E-state index contributed by atoms with van der Waals surface area (Å²) in [5.74, 6) is 1.36. The second-order valence-electron chi connectivity index (χ2n) is 6.02. The van der Waals surface area contributed by atoms with E-state index in [0.29, 0.717) is 13.2 Å². The standard InChI is InChI=1S/C17H22BrNO4/c1-11(19-17(20)10-23-12-4-2-3-5-12)13-8-15-16(9-14(13)18)22-7-6-21-15/h8-9,11-12H,2-7,10H2,1H3,(H,19,20). The van der Waals surface area contributed by atoms with Gasteiger partial charge in [-0.15, -0.1) is 0 Å². The predicted molar refractivity (Wildman–Crippen MR) is 89.9 cm³/mol. The van der Waals surface area contributed by atoms with Crippen LogP contribution in [-0.4, -0.2) is 31.8 Å². The number of rotatable bonds is 5. The van der Waals surface area contributed by atoms with Crippen LogP contribution < -0.4 is 14.8 Å². The summed E-state index contributed by atoms with van der Waals surface area (Å²) in [6.45, 7) is 3.18. The Hall–Kier alpha value is -1.27. The highest BCUT2D eigenvalue weighted by Gasteiger charge is 2.20. The number of carbonyl (C=O) groups is 1. The molecule has 1 aliphatic heterocycles. The van der Waals surface area contributed by atoms with Crippen LogP contribution in [0.25, 0.3) is 0 Å². The van der Waals surface area contributed by atoms with E-state index in [-0.39, 0.29) is 24.7 Å². The van der Waals surface area contributed by atoms with Crippen molar-refractivity contribution in [2.24, 2.45) is 0 Å². The number of nitrogens with one attached hydrogen (secondary N) is 1. The molecule has 6 heteroatoms. The molecule has 1 aliphatic carbocycles. The molecule has 1 atom stereocenters. The number of hydrogen-bond donors (Lipinski definition) is 1. The molecule has 1 aromatic carbocycles. The SMILES string of the molecule is CC(NC(=O)COC1CCCC1)c1cc2c(cc1Br)OCCO2. The third-order valence-corrected chi connectivity index (χ3v) is 4.94. The number of halogens is 1. The maximum atomic E-state index is 12.1. The summed E-state index contributed by atoms with van der Waals surface area (Å²) in [7, 11) is 0. The van der Waals surface area contributed by atoms with Crippen LogP contribution in [0, 0.1) is 0 Å². The summed E-state index contributed by atoms with van der Waals surface area (Å²) in [4.78, 5) is 12.1. The first-order valence-corrected chi connectivity index (χ1v) is 8.93. The summed E-state index contributed by atoms with van der Waals surface area (Å²) < 4.78 is 17.7. The van der Waals surface area contributed by atoms with E-state index >= 15 is 0 Å². The summed E-state index contributed by atoms with van der Waals surface area (Å²) >= 11 is 3.54. The molecule has 5 nitrogen and oxygen atoms in total. The van der Waals surface area contributed by atoms with Crippen molar-refractivity contribution in [1.29, 1.82) is 0 Å². The molecule has 0 bridgehead atoms. The summed E-state index contributed by atoms with van der Waals surface area (Å²) in [6, 6.07) is 3.67. The Morgan fingerprint density at radius 3 is 2.65 bits per heavy atom. The highest BCUT2D eigenvalue weighted by Crippen LogP contribution is 2.37. The van der Waals surface area contributed by atoms with E-state index in [1.165, 1.54) is 12.8 Å². The first-order chi connectivity index (χ1) is 11.1. The predicted octanol–water partition coefficient (Wildman–Crippen LogP) is 3.36. The first kappa shape index (κ1) is 16.6. The van der Waals surface area contributed by atoms with Crippen molar-refractivity contribution < 1.29 is 19.0 Å². The first-order valence-electron chi connectivity index (χ1n) is 8.13. The lowest BCUT2D eigenvalue weighted by Crippen LogP contribution is -2.31. The van der Waals surface area contributed by atoms with Crippen LogP contribution in [0.3, 0.4) is 0 Å². The number of ether oxygens (including phenoxy) is 3. The smallest absolute Gasteiger partial charge is 0.246 e. The van der Waals surface area contributed by atoms with Gasteiger partial charge in [-0.1, -0.05) is 28.8 Å². The van der Waals surface area contributed by atoms with E-state index in [1.807, 2.05) is 19.1 Å². The molecule has 23 heavy (non-hydrogen) atoms. The zero-order valence-corrected chi connectivity index (χ0v) is 14.9. The second-order valence-corrected chi connectivity index (χ2v) is 6.88. The Morgan fingerprint density at radius 1 is 1.30 bits per heavy atom. The van der Waals surface area contributed by atoms with Gasteiger partial charge >= 0.3 is 0 Å². The average molecular weight is 384 g/mol. The Kier molecular flexibility index (Phi) is 5.43. The molecule has 0 saturated heterocycles. The maximum Gasteiger partial charge on any atom is 0.246 e. The van der Waals surface area contributed by atoms with Crippen molar-refractivity contribution in [3.8, 4) is 11.5 Å². The third kappa shape index (κ3) is 4.18. The van der Waals surface area contributed by atoms with Crippen molar-refractivity contribution in [3.05, 3.63) is 22.2 Å². The Labute approximate surface area is 144 Å². The zero-order valence-electron chi connectivity index (χ0n) is 13.3. The van der Waals surface area contributed by atoms with Gasteiger partial charge in [0, 0.05) is 4.47 Å². The number of fused-ring (bicyclic) bond motifs is 1. The molecule has 0 radical (unpaired) electrons. The van der Waals surface area contributed by atoms with Gasteiger partial charge in [0.25, 0.3) is 0 Å². The van der Waals surface area contributed by atoms with Crippen LogP contribution in [0.5, 0.6) is 11.5 Å². The van der Waals surface area contributed by atoms with Gasteiger partial charge in [0.2, 0.25) is 5.91 Å². The minimum Gasteiger partial charge on any atom is -0.486 e. The fraction of sp³-hybridized carbons (Fsp3) is 0.588. The van der Waals surface area contributed by atoms with Gasteiger partial charge in [-0.3, -0.25) is 4.79 Å². The second kappa shape index (κ2) is 7.53. The highest BCUT2D eigenvalue weighted by molar-refractivity contribution is 9.10. The largest absolute Gasteiger partial charge is 0.486 e.